The molecular formula is C15H24O3. The van der Waals surface area contributed by atoms with Gasteiger partial charge in [0.25, 0.3) is 0 Å². The molecule has 0 fully saturated rings. The highest BCUT2D eigenvalue weighted by atomic mass is 16.6. The number of carbonyl (C=O) groups excluding carboxylic acids is 1. The smallest absolute Gasteiger partial charge is 0.303 e. The van der Waals surface area contributed by atoms with Gasteiger partial charge in [-0.3, -0.25) is 4.79 Å². The third-order valence-corrected chi connectivity index (χ3v) is 3.36. The summed E-state index contributed by atoms with van der Waals surface area (Å²) in [5, 5.41) is 0. The molecule has 0 unspecified atom stereocenters. The number of hydrogen-bond donors (Lipinski definition) is 0. The van der Waals surface area contributed by atoms with Gasteiger partial charge in [-0.05, 0) is 45.3 Å². The van der Waals surface area contributed by atoms with E-state index in [9.17, 15) is 4.79 Å². The van der Waals surface area contributed by atoms with Crippen LogP contribution in [0, 0.1) is 0 Å². The Hall–Kier alpha value is -1.09. The SMILES string of the molecule is C/C=C/[C@](C)(OC(C)=O)[C@H]1CC=C(C)[C@@H](CC)O1. The normalized spacial score (nSPS) is 27.7. The average Bonchev–Trinajstić information content (AvgIpc) is 2.28. The molecule has 1 aliphatic rings. The summed E-state index contributed by atoms with van der Waals surface area (Å²) >= 11 is 0. The lowest BCUT2D eigenvalue weighted by Gasteiger charge is -2.39. The molecule has 0 bridgehead atoms. The quantitative estimate of drug-likeness (QED) is 0.568. The summed E-state index contributed by atoms with van der Waals surface area (Å²) in [7, 11) is 0. The second-order valence-corrected chi connectivity index (χ2v) is 4.98. The maximum atomic E-state index is 11.3. The van der Waals surface area contributed by atoms with Crippen LogP contribution in [-0.2, 0) is 14.3 Å². The van der Waals surface area contributed by atoms with E-state index in [0.29, 0.717) is 0 Å². The Bertz CT molecular complexity index is 357. The Labute approximate surface area is 110 Å². The zero-order chi connectivity index (χ0) is 13.8. The van der Waals surface area contributed by atoms with Gasteiger partial charge in [0.05, 0.1) is 6.10 Å². The molecule has 102 valence electrons. The first kappa shape index (κ1) is 15.0. The van der Waals surface area contributed by atoms with E-state index in [4.69, 9.17) is 9.47 Å². The van der Waals surface area contributed by atoms with Gasteiger partial charge >= 0.3 is 5.97 Å². The van der Waals surface area contributed by atoms with E-state index in [1.807, 2.05) is 26.0 Å². The topological polar surface area (TPSA) is 35.5 Å². The number of allylic oxidation sites excluding steroid dienone is 1. The van der Waals surface area contributed by atoms with Crippen LogP contribution in [0.1, 0.15) is 47.5 Å². The van der Waals surface area contributed by atoms with Crippen LogP contribution < -0.4 is 0 Å². The van der Waals surface area contributed by atoms with E-state index >= 15 is 0 Å². The molecule has 0 aliphatic carbocycles. The third-order valence-electron chi connectivity index (χ3n) is 3.36. The van der Waals surface area contributed by atoms with Crippen molar-refractivity contribution in [2.45, 2.75) is 65.3 Å². The average molecular weight is 252 g/mol. The molecule has 0 aromatic heterocycles. The first-order valence-electron chi connectivity index (χ1n) is 6.58. The van der Waals surface area contributed by atoms with Crippen molar-refractivity contribution in [1.82, 2.24) is 0 Å². The van der Waals surface area contributed by atoms with Gasteiger partial charge < -0.3 is 9.47 Å². The Kier molecular flexibility index (Phi) is 5.15. The van der Waals surface area contributed by atoms with Crippen molar-refractivity contribution in [2.24, 2.45) is 0 Å². The summed E-state index contributed by atoms with van der Waals surface area (Å²) in [6.45, 7) is 9.44. The fourth-order valence-electron chi connectivity index (χ4n) is 2.42. The Morgan fingerprint density at radius 1 is 1.67 bits per heavy atom. The molecule has 3 atom stereocenters. The largest absolute Gasteiger partial charge is 0.452 e. The summed E-state index contributed by atoms with van der Waals surface area (Å²) in [6, 6.07) is 0. The maximum Gasteiger partial charge on any atom is 0.303 e. The molecule has 0 aromatic carbocycles. The first-order valence-corrected chi connectivity index (χ1v) is 6.58. The highest BCUT2D eigenvalue weighted by molar-refractivity contribution is 5.67. The first-order chi connectivity index (χ1) is 8.42. The summed E-state index contributed by atoms with van der Waals surface area (Å²) in [4.78, 5) is 11.3. The molecule has 0 N–H and O–H groups in total. The molecule has 18 heavy (non-hydrogen) atoms. The van der Waals surface area contributed by atoms with Crippen molar-refractivity contribution in [3.05, 3.63) is 23.8 Å². The second-order valence-electron chi connectivity index (χ2n) is 4.98. The van der Waals surface area contributed by atoms with Crippen molar-refractivity contribution in [1.29, 1.82) is 0 Å². The number of esters is 1. The van der Waals surface area contributed by atoms with Crippen LogP contribution in [0.4, 0.5) is 0 Å². The molecule has 1 rings (SSSR count). The van der Waals surface area contributed by atoms with Gasteiger partial charge in [0, 0.05) is 6.92 Å². The molecule has 0 spiro atoms. The van der Waals surface area contributed by atoms with Crippen LogP contribution in [0.2, 0.25) is 0 Å². The van der Waals surface area contributed by atoms with Crippen molar-refractivity contribution in [3.8, 4) is 0 Å². The van der Waals surface area contributed by atoms with Gasteiger partial charge in [-0.1, -0.05) is 19.1 Å². The van der Waals surface area contributed by atoms with Crippen LogP contribution in [0.15, 0.2) is 23.8 Å². The number of carbonyl (C=O) groups is 1. The minimum Gasteiger partial charge on any atom is -0.452 e. The molecule has 1 heterocycles. The minimum atomic E-state index is -0.689. The molecular weight excluding hydrogens is 228 g/mol. The lowest BCUT2D eigenvalue weighted by Crippen LogP contribution is -2.46. The molecule has 3 nitrogen and oxygen atoms in total. The molecule has 0 saturated heterocycles. The highest BCUT2D eigenvalue weighted by Crippen LogP contribution is 2.31. The molecule has 0 radical (unpaired) electrons. The Morgan fingerprint density at radius 3 is 2.83 bits per heavy atom. The van der Waals surface area contributed by atoms with Crippen LogP contribution in [0.5, 0.6) is 0 Å². The predicted molar refractivity (Wildman–Crippen MR) is 72.3 cm³/mol. The van der Waals surface area contributed by atoms with E-state index in [2.05, 4.69) is 19.9 Å². The number of ether oxygens (including phenoxy) is 2. The van der Waals surface area contributed by atoms with Crippen molar-refractivity contribution < 1.29 is 14.3 Å². The second kappa shape index (κ2) is 6.19. The van der Waals surface area contributed by atoms with E-state index < -0.39 is 5.60 Å². The zero-order valence-corrected chi connectivity index (χ0v) is 12.0. The summed E-state index contributed by atoms with van der Waals surface area (Å²) in [5.41, 5.74) is 0.574. The number of hydrogen-bond acceptors (Lipinski definition) is 3. The summed E-state index contributed by atoms with van der Waals surface area (Å²) < 4.78 is 11.5. The van der Waals surface area contributed by atoms with Crippen LogP contribution in [-0.4, -0.2) is 23.8 Å². The van der Waals surface area contributed by atoms with Gasteiger partial charge in [-0.25, -0.2) is 0 Å². The van der Waals surface area contributed by atoms with Crippen LogP contribution >= 0.6 is 0 Å². The standard InChI is InChI=1S/C15H24O3/c1-6-10-15(5,18-12(4)16)14-9-8-11(3)13(7-2)17-14/h6,8,10,13-14H,7,9H2,1-5H3/b10-6+/t13-,14-,15+/m1/s1. The van der Waals surface area contributed by atoms with Crippen molar-refractivity contribution in [2.75, 3.05) is 0 Å². The molecule has 1 aliphatic heterocycles. The fraction of sp³-hybridized carbons (Fsp3) is 0.667. The molecule has 0 saturated carbocycles. The van der Waals surface area contributed by atoms with E-state index in [-0.39, 0.29) is 18.2 Å². The third kappa shape index (κ3) is 3.45. The van der Waals surface area contributed by atoms with Gasteiger partial charge in [0.15, 0.2) is 5.60 Å². The molecule has 0 amide bonds. The number of rotatable bonds is 4. The molecule has 0 aromatic rings. The van der Waals surface area contributed by atoms with Crippen molar-refractivity contribution >= 4 is 5.97 Å². The summed E-state index contributed by atoms with van der Waals surface area (Å²) in [6.07, 6.45) is 7.71. The predicted octanol–water partition coefficient (Wildman–Crippen LogP) is 3.40. The van der Waals surface area contributed by atoms with E-state index in [1.54, 1.807) is 0 Å². The zero-order valence-electron chi connectivity index (χ0n) is 12.0. The summed E-state index contributed by atoms with van der Waals surface area (Å²) in [5.74, 6) is -0.279. The van der Waals surface area contributed by atoms with E-state index in [0.717, 1.165) is 12.8 Å². The van der Waals surface area contributed by atoms with Gasteiger partial charge in [-0.2, -0.15) is 0 Å². The fourth-order valence-corrected chi connectivity index (χ4v) is 2.42. The Balaban J connectivity index is 2.91. The van der Waals surface area contributed by atoms with Crippen molar-refractivity contribution in [3.63, 3.8) is 0 Å². The molecule has 3 heteroatoms. The monoisotopic (exact) mass is 252 g/mol. The van der Waals surface area contributed by atoms with E-state index in [1.165, 1.54) is 12.5 Å². The lowest BCUT2D eigenvalue weighted by atomic mass is 9.91. The van der Waals surface area contributed by atoms with Gasteiger partial charge in [0.2, 0.25) is 0 Å². The van der Waals surface area contributed by atoms with Gasteiger partial charge in [-0.15, -0.1) is 0 Å². The van der Waals surface area contributed by atoms with Crippen LogP contribution in [0.25, 0.3) is 0 Å². The van der Waals surface area contributed by atoms with Gasteiger partial charge in [0.1, 0.15) is 6.10 Å². The minimum absolute atomic E-state index is 0.119. The lowest BCUT2D eigenvalue weighted by molar-refractivity contribution is -0.169. The highest BCUT2D eigenvalue weighted by Gasteiger charge is 2.38. The maximum absolute atomic E-state index is 11.3. The van der Waals surface area contributed by atoms with Crippen LogP contribution in [0.3, 0.4) is 0 Å². The Morgan fingerprint density at radius 2 is 2.33 bits per heavy atom.